The molecule has 1 N–H and O–H groups in total. The monoisotopic (exact) mass is 213 g/mol. The summed E-state index contributed by atoms with van der Waals surface area (Å²) in [6, 6.07) is 0. The van der Waals surface area contributed by atoms with Crippen LogP contribution in [0, 0.1) is 11.3 Å². The first kappa shape index (κ1) is 15.0. The fourth-order valence-electron chi connectivity index (χ4n) is 1.76. The van der Waals surface area contributed by atoms with E-state index in [4.69, 9.17) is 0 Å². The van der Waals surface area contributed by atoms with Gasteiger partial charge in [0.1, 0.15) is 0 Å². The largest absolute Gasteiger partial charge is 0.316 e. The molecule has 0 unspecified atom stereocenters. The molecule has 0 aromatic heterocycles. The van der Waals surface area contributed by atoms with Gasteiger partial charge in [-0.15, -0.1) is 0 Å². The van der Waals surface area contributed by atoms with Crippen LogP contribution in [0.25, 0.3) is 0 Å². The molecule has 0 aromatic rings. The minimum atomic E-state index is 0.478. The zero-order valence-corrected chi connectivity index (χ0v) is 11.5. The Morgan fingerprint density at radius 3 is 2.33 bits per heavy atom. The first-order chi connectivity index (χ1) is 6.98. The molecule has 0 fully saturated rings. The lowest BCUT2D eigenvalue weighted by molar-refractivity contribution is 0.299. The summed E-state index contributed by atoms with van der Waals surface area (Å²) >= 11 is 0. The van der Waals surface area contributed by atoms with Gasteiger partial charge in [0.15, 0.2) is 0 Å². The molecule has 0 atom stereocenters. The van der Waals surface area contributed by atoms with Crippen LogP contribution in [0.4, 0.5) is 0 Å². The molecular formula is C14H31N. The third kappa shape index (κ3) is 10.2. The van der Waals surface area contributed by atoms with Crippen LogP contribution in [0.2, 0.25) is 0 Å². The van der Waals surface area contributed by atoms with E-state index in [1.54, 1.807) is 0 Å². The number of hydrogen-bond acceptors (Lipinski definition) is 1. The van der Waals surface area contributed by atoms with Crippen molar-refractivity contribution in [1.29, 1.82) is 0 Å². The standard InChI is InChI=1S/C14H31N/c1-6-7-8-10-14(4,5)12-15-11-9-13(2)3/h13,15H,6-12H2,1-5H3. The smallest absolute Gasteiger partial charge is 0.000252 e. The molecule has 0 aliphatic heterocycles. The highest BCUT2D eigenvalue weighted by Crippen LogP contribution is 2.22. The summed E-state index contributed by atoms with van der Waals surface area (Å²) in [5.74, 6) is 0.820. The second-order valence-corrected chi connectivity index (χ2v) is 5.98. The Morgan fingerprint density at radius 1 is 1.13 bits per heavy atom. The normalized spacial score (nSPS) is 12.4. The zero-order valence-electron chi connectivity index (χ0n) is 11.5. The van der Waals surface area contributed by atoms with Gasteiger partial charge in [-0.25, -0.2) is 0 Å². The second kappa shape index (κ2) is 8.15. The maximum atomic E-state index is 3.58. The summed E-state index contributed by atoms with van der Waals surface area (Å²) in [6.45, 7) is 13.9. The van der Waals surface area contributed by atoms with E-state index in [2.05, 4.69) is 39.9 Å². The maximum Gasteiger partial charge on any atom is 0.000252 e. The van der Waals surface area contributed by atoms with Crippen molar-refractivity contribution in [2.24, 2.45) is 11.3 Å². The van der Waals surface area contributed by atoms with Gasteiger partial charge in [-0.05, 0) is 30.7 Å². The number of hydrogen-bond donors (Lipinski definition) is 1. The first-order valence-electron chi connectivity index (χ1n) is 6.68. The van der Waals surface area contributed by atoms with Crippen LogP contribution in [-0.4, -0.2) is 13.1 Å². The van der Waals surface area contributed by atoms with E-state index in [1.807, 2.05) is 0 Å². The molecule has 92 valence electrons. The van der Waals surface area contributed by atoms with Gasteiger partial charge in [0.25, 0.3) is 0 Å². The van der Waals surface area contributed by atoms with Gasteiger partial charge in [0.05, 0.1) is 0 Å². The van der Waals surface area contributed by atoms with E-state index in [1.165, 1.54) is 45.2 Å². The fraction of sp³-hybridized carbons (Fsp3) is 1.00. The van der Waals surface area contributed by atoms with Gasteiger partial charge in [-0.1, -0.05) is 53.9 Å². The predicted molar refractivity (Wildman–Crippen MR) is 70.2 cm³/mol. The molecule has 0 saturated heterocycles. The Labute approximate surface area is 97.0 Å². The number of unbranched alkanes of at least 4 members (excludes halogenated alkanes) is 2. The van der Waals surface area contributed by atoms with Crippen molar-refractivity contribution in [1.82, 2.24) is 5.32 Å². The molecule has 0 rings (SSSR count). The van der Waals surface area contributed by atoms with Crippen molar-refractivity contribution in [2.45, 2.75) is 66.7 Å². The molecule has 0 saturated carbocycles. The van der Waals surface area contributed by atoms with Crippen LogP contribution in [0.3, 0.4) is 0 Å². The van der Waals surface area contributed by atoms with E-state index in [0.717, 1.165) is 5.92 Å². The van der Waals surface area contributed by atoms with Crippen molar-refractivity contribution in [2.75, 3.05) is 13.1 Å². The molecule has 0 spiro atoms. The topological polar surface area (TPSA) is 12.0 Å². The molecule has 0 aromatic carbocycles. The highest BCUT2D eigenvalue weighted by Gasteiger charge is 2.16. The summed E-state index contributed by atoms with van der Waals surface area (Å²) < 4.78 is 0. The van der Waals surface area contributed by atoms with Crippen molar-refractivity contribution < 1.29 is 0 Å². The van der Waals surface area contributed by atoms with E-state index >= 15 is 0 Å². The minimum Gasteiger partial charge on any atom is -0.316 e. The summed E-state index contributed by atoms with van der Waals surface area (Å²) in [4.78, 5) is 0. The Hall–Kier alpha value is -0.0400. The molecule has 1 heteroatoms. The molecule has 0 bridgehead atoms. The van der Waals surface area contributed by atoms with E-state index in [9.17, 15) is 0 Å². The van der Waals surface area contributed by atoms with Crippen LogP contribution < -0.4 is 5.32 Å². The van der Waals surface area contributed by atoms with Crippen LogP contribution >= 0.6 is 0 Å². The van der Waals surface area contributed by atoms with Crippen molar-refractivity contribution >= 4 is 0 Å². The third-order valence-corrected chi connectivity index (χ3v) is 2.96. The van der Waals surface area contributed by atoms with Gasteiger partial charge < -0.3 is 5.32 Å². The Morgan fingerprint density at radius 2 is 1.80 bits per heavy atom. The first-order valence-corrected chi connectivity index (χ1v) is 6.68. The van der Waals surface area contributed by atoms with Gasteiger partial charge in [-0.2, -0.15) is 0 Å². The van der Waals surface area contributed by atoms with Crippen LogP contribution in [0.5, 0.6) is 0 Å². The Balaban J connectivity index is 3.46. The van der Waals surface area contributed by atoms with Crippen molar-refractivity contribution in [3.8, 4) is 0 Å². The SMILES string of the molecule is CCCCCC(C)(C)CNCCC(C)C. The Bertz CT molecular complexity index is 138. The van der Waals surface area contributed by atoms with Gasteiger partial charge in [0, 0.05) is 6.54 Å². The molecular weight excluding hydrogens is 182 g/mol. The predicted octanol–water partition coefficient (Wildman–Crippen LogP) is 4.23. The highest BCUT2D eigenvalue weighted by atomic mass is 14.9. The number of nitrogens with one attached hydrogen (secondary N) is 1. The van der Waals surface area contributed by atoms with E-state index in [-0.39, 0.29) is 0 Å². The minimum absolute atomic E-state index is 0.478. The van der Waals surface area contributed by atoms with Gasteiger partial charge >= 0.3 is 0 Å². The average Bonchev–Trinajstić information content (AvgIpc) is 2.13. The second-order valence-electron chi connectivity index (χ2n) is 5.98. The fourth-order valence-corrected chi connectivity index (χ4v) is 1.76. The molecule has 0 amide bonds. The van der Waals surface area contributed by atoms with Gasteiger partial charge in [0.2, 0.25) is 0 Å². The van der Waals surface area contributed by atoms with Crippen LogP contribution in [-0.2, 0) is 0 Å². The van der Waals surface area contributed by atoms with E-state index < -0.39 is 0 Å². The summed E-state index contributed by atoms with van der Waals surface area (Å²) in [7, 11) is 0. The molecule has 0 aliphatic rings. The summed E-state index contributed by atoms with van der Waals surface area (Å²) in [5, 5.41) is 3.58. The average molecular weight is 213 g/mol. The van der Waals surface area contributed by atoms with Gasteiger partial charge in [-0.3, -0.25) is 0 Å². The quantitative estimate of drug-likeness (QED) is 0.565. The number of rotatable bonds is 9. The maximum absolute atomic E-state index is 3.58. The Kier molecular flexibility index (Phi) is 8.13. The summed E-state index contributed by atoms with van der Waals surface area (Å²) in [5.41, 5.74) is 0.478. The molecule has 1 nitrogen and oxygen atoms in total. The van der Waals surface area contributed by atoms with Crippen LogP contribution in [0.1, 0.15) is 66.7 Å². The highest BCUT2D eigenvalue weighted by molar-refractivity contribution is 4.71. The molecule has 15 heavy (non-hydrogen) atoms. The zero-order chi connectivity index (χ0) is 11.7. The van der Waals surface area contributed by atoms with Crippen LogP contribution in [0.15, 0.2) is 0 Å². The van der Waals surface area contributed by atoms with Crippen molar-refractivity contribution in [3.63, 3.8) is 0 Å². The summed E-state index contributed by atoms with van der Waals surface area (Å²) in [6.07, 6.45) is 6.75. The third-order valence-electron chi connectivity index (χ3n) is 2.96. The molecule has 0 heterocycles. The molecule has 0 radical (unpaired) electrons. The lowest BCUT2D eigenvalue weighted by Crippen LogP contribution is -2.30. The lowest BCUT2D eigenvalue weighted by Gasteiger charge is -2.25. The van der Waals surface area contributed by atoms with E-state index in [0.29, 0.717) is 5.41 Å². The van der Waals surface area contributed by atoms with Crippen molar-refractivity contribution in [3.05, 3.63) is 0 Å². The molecule has 0 aliphatic carbocycles. The lowest BCUT2D eigenvalue weighted by atomic mass is 9.87.